The fourth-order valence-corrected chi connectivity index (χ4v) is 4.94. The third kappa shape index (κ3) is 9.82. The number of carboxylic acid groups (broad SMARTS) is 1. The van der Waals surface area contributed by atoms with Crippen LogP contribution in [0, 0.1) is 17.8 Å². The van der Waals surface area contributed by atoms with E-state index in [9.17, 15) is 29.1 Å². The molecule has 12 heteroatoms. The summed E-state index contributed by atoms with van der Waals surface area (Å²) in [4.78, 5) is 65.2. The van der Waals surface area contributed by atoms with Crippen LogP contribution in [0.3, 0.4) is 0 Å². The topological polar surface area (TPSA) is 157 Å². The summed E-state index contributed by atoms with van der Waals surface area (Å²) in [6, 6.07) is 4.65. The first-order valence-electron chi connectivity index (χ1n) is 14.4. The Balaban J connectivity index is 1.66. The van der Waals surface area contributed by atoms with Crippen molar-refractivity contribution in [2.75, 3.05) is 38.1 Å². The second-order valence-electron chi connectivity index (χ2n) is 11.3. The average Bonchev–Trinajstić information content (AvgIpc) is 2.97. The molecule has 12 nitrogen and oxygen atoms in total. The van der Waals surface area contributed by atoms with Crippen molar-refractivity contribution in [3.63, 3.8) is 0 Å². The Hall–Kier alpha value is -3.51. The summed E-state index contributed by atoms with van der Waals surface area (Å²) in [5.74, 6) is -2.50. The quantitative estimate of drug-likeness (QED) is 0.231. The standard InChI is InChI=1S/C29H43N5O7/c1-19(2)18-41-29(40)31-24-9-7-22(8-10-24)26(36)34(32-20(3)28(38)39)27(37)23-5-4-16-33(17-23)25(35)11-6-21-12-14-30-15-13-21/h7-10,19-21,23,30,32H,4-6,11-18H2,1-3H3,(H,31,40)(H,38,39)/t20-,23-/m1/s1. The number of piperidine rings is 2. The number of benzene rings is 1. The lowest BCUT2D eigenvalue weighted by atomic mass is 9.92. The van der Waals surface area contributed by atoms with Crippen molar-refractivity contribution < 1.29 is 33.8 Å². The van der Waals surface area contributed by atoms with Gasteiger partial charge in [-0.3, -0.25) is 24.5 Å². The molecule has 41 heavy (non-hydrogen) atoms. The Morgan fingerprint density at radius 1 is 1.07 bits per heavy atom. The number of hydrogen-bond acceptors (Lipinski definition) is 8. The molecule has 0 radical (unpaired) electrons. The molecule has 0 spiro atoms. The van der Waals surface area contributed by atoms with E-state index in [1.165, 1.54) is 31.2 Å². The second kappa shape index (κ2) is 15.5. The number of ether oxygens (including phenoxy) is 1. The molecule has 0 saturated carbocycles. The summed E-state index contributed by atoms with van der Waals surface area (Å²) in [6.45, 7) is 8.09. The van der Waals surface area contributed by atoms with Gasteiger partial charge in [0, 0.05) is 30.8 Å². The molecule has 0 aromatic heterocycles. The number of rotatable bonds is 11. The van der Waals surface area contributed by atoms with Crippen LogP contribution < -0.4 is 16.1 Å². The van der Waals surface area contributed by atoms with Crippen LogP contribution in [0.15, 0.2) is 24.3 Å². The van der Waals surface area contributed by atoms with Crippen molar-refractivity contribution >= 4 is 35.5 Å². The van der Waals surface area contributed by atoms with E-state index in [0.717, 1.165) is 37.4 Å². The van der Waals surface area contributed by atoms with E-state index < -0.39 is 35.8 Å². The molecular formula is C29H43N5O7. The number of carbonyl (C=O) groups excluding carboxylic acids is 4. The van der Waals surface area contributed by atoms with Crippen molar-refractivity contribution in [3.8, 4) is 0 Å². The van der Waals surface area contributed by atoms with Crippen molar-refractivity contribution in [2.24, 2.45) is 17.8 Å². The van der Waals surface area contributed by atoms with Crippen LogP contribution >= 0.6 is 0 Å². The molecule has 2 heterocycles. The lowest BCUT2D eigenvalue weighted by molar-refractivity contribution is -0.144. The van der Waals surface area contributed by atoms with Crippen molar-refractivity contribution in [2.45, 2.75) is 65.3 Å². The van der Waals surface area contributed by atoms with Crippen LogP contribution in [0.5, 0.6) is 0 Å². The Bertz CT molecular complexity index is 1070. The van der Waals surface area contributed by atoms with E-state index in [-0.39, 0.29) is 30.5 Å². The lowest BCUT2D eigenvalue weighted by Crippen LogP contribution is -2.56. The fourth-order valence-electron chi connectivity index (χ4n) is 4.94. The molecular weight excluding hydrogens is 530 g/mol. The summed E-state index contributed by atoms with van der Waals surface area (Å²) in [6.07, 6.45) is 3.81. The van der Waals surface area contributed by atoms with Gasteiger partial charge in [0.2, 0.25) is 11.8 Å². The highest BCUT2D eigenvalue weighted by Crippen LogP contribution is 2.23. The molecule has 0 bridgehead atoms. The third-order valence-electron chi connectivity index (χ3n) is 7.39. The smallest absolute Gasteiger partial charge is 0.411 e. The molecule has 1 aromatic carbocycles. The van der Waals surface area contributed by atoms with Crippen molar-refractivity contribution in [1.82, 2.24) is 20.7 Å². The normalized spacial score (nSPS) is 18.4. The minimum absolute atomic E-state index is 0.000724. The van der Waals surface area contributed by atoms with Crippen molar-refractivity contribution in [1.29, 1.82) is 0 Å². The van der Waals surface area contributed by atoms with Crippen LogP contribution in [0.25, 0.3) is 0 Å². The molecule has 4 N–H and O–H groups in total. The summed E-state index contributed by atoms with van der Waals surface area (Å²) >= 11 is 0. The molecule has 0 aliphatic carbocycles. The van der Waals surface area contributed by atoms with Gasteiger partial charge in [-0.2, -0.15) is 0 Å². The van der Waals surface area contributed by atoms with E-state index in [4.69, 9.17) is 4.74 Å². The minimum Gasteiger partial charge on any atom is -0.480 e. The first-order chi connectivity index (χ1) is 19.5. The van der Waals surface area contributed by atoms with Gasteiger partial charge in [0.05, 0.1) is 12.5 Å². The van der Waals surface area contributed by atoms with E-state index in [2.05, 4.69) is 16.1 Å². The molecule has 1 aromatic rings. The first kappa shape index (κ1) is 32.0. The van der Waals surface area contributed by atoms with Gasteiger partial charge >= 0.3 is 12.1 Å². The number of anilines is 1. The van der Waals surface area contributed by atoms with Gasteiger partial charge in [0.1, 0.15) is 6.04 Å². The van der Waals surface area contributed by atoms with Crippen molar-refractivity contribution in [3.05, 3.63) is 29.8 Å². The number of aliphatic carboxylic acids is 1. The number of amides is 4. The van der Waals surface area contributed by atoms with Gasteiger partial charge < -0.3 is 20.1 Å². The largest absolute Gasteiger partial charge is 0.480 e. The maximum absolute atomic E-state index is 13.6. The van der Waals surface area contributed by atoms with Gasteiger partial charge in [-0.05, 0) is 88.2 Å². The van der Waals surface area contributed by atoms with Crippen LogP contribution in [-0.4, -0.2) is 83.6 Å². The minimum atomic E-state index is -1.23. The monoisotopic (exact) mass is 573 g/mol. The summed E-state index contributed by atoms with van der Waals surface area (Å²) in [5, 5.41) is 16.1. The first-order valence-corrected chi connectivity index (χ1v) is 14.4. The highest BCUT2D eigenvalue weighted by atomic mass is 16.5. The number of hydrazine groups is 1. The zero-order valence-corrected chi connectivity index (χ0v) is 24.2. The van der Waals surface area contributed by atoms with Crippen LogP contribution in [0.2, 0.25) is 0 Å². The summed E-state index contributed by atoms with van der Waals surface area (Å²) in [5.41, 5.74) is 3.05. The average molecular weight is 574 g/mol. The zero-order valence-electron chi connectivity index (χ0n) is 24.2. The predicted molar refractivity (Wildman–Crippen MR) is 152 cm³/mol. The highest BCUT2D eigenvalue weighted by molar-refractivity contribution is 6.05. The fraction of sp³-hybridized carbons (Fsp3) is 0.621. The third-order valence-corrected chi connectivity index (χ3v) is 7.39. The SMILES string of the molecule is CC(C)COC(=O)Nc1ccc(C(=O)N(N[C@H](C)C(=O)O)C(=O)[C@@H]2CCCN(C(=O)CCC3CCNCC3)C2)cc1. The number of hydrogen-bond donors (Lipinski definition) is 4. The number of likely N-dealkylation sites (tertiary alicyclic amines) is 1. The van der Waals surface area contributed by atoms with E-state index >= 15 is 0 Å². The molecule has 3 rings (SSSR count). The molecule has 4 amide bonds. The van der Waals surface area contributed by atoms with E-state index in [1.54, 1.807) is 4.90 Å². The number of imide groups is 1. The van der Waals surface area contributed by atoms with Gasteiger partial charge in [-0.25, -0.2) is 15.2 Å². The lowest BCUT2D eigenvalue weighted by Gasteiger charge is -2.35. The molecule has 2 fully saturated rings. The molecule has 0 unspecified atom stereocenters. The van der Waals surface area contributed by atoms with Gasteiger partial charge in [0.15, 0.2) is 0 Å². The second-order valence-corrected chi connectivity index (χ2v) is 11.3. The number of carbonyl (C=O) groups is 5. The molecule has 2 aliphatic heterocycles. The van der Waals surface area contributed by atoms with Crippen LogP contribution in [0.1, 0.15) is 69.7 Å². The number of carboxylic acids is 1. The molecule has 2 atom stereocenters. The van der Waals surface area contributed by atoms with Crippen LogP contribution in [-0.2, 0) is 19.1 Å². The molecule has 226 valence electrons. The number of nitrogens with one attached hydrogen (secondary N) is 3. The summed E-state index contributed by atoms with van der Waals surface area (Å²) < 4.78 is 5.09. The van der Waals surface area contributed by atoms with E-state index in [0.29, 0.717) is 37.4 Å². The van der Waals surface area contributed by atoms with Gasteiger partial charge in [0.25, 0.3) is 5.91 Å². The Morgan fingerprint density at radius 3 is 2.39 bits per heavy atom. The molecule has 2 saturated heterocycles. The Morgan fingerprint density at radius 2 is 1.76 bits per heavy atom. The maximum atomic E-state index is 13.6. The number of nitrogens with zero attached hydrogens (tertiary/aromatic N) is 2. The van der Waals surface area contributed by atoms with Gasteiger partial charge in [-0.15, -0.1) is 0 Å². The van der Waals surface area contributed by atoms with E-state index in [1.807, 2.05) is 13.8 Å². The zero-order chi connectivity index (χ0) is 29.9. The van der Waals surface area contributed by atoms with Gasteiger partial charge in [-0.1, -0.05) is 13.8 Å². The maximum Gasteiger partial charge on any atom is 0.411 e. The Kier molecular flexibility index (Phi) is 12.1. The Labute approximate surface area is 241 Å². The predicted octanol–water partition coefficient (Wildman–Crippen LogP) is 2.86. The van der Waals surface area contributed by atoms with Crippen LogP contribution in [0.4, 0.5) is 10.5 Å². The highest BCUT2D eigenvalue weighted by Gasteiger charge is 2.35. The summed E-state index contributed by atoms with van der Waals surface area (Å²) in [7, 11) is 0. The molecule has 2 aliphatic rings.